The molecule has 2 rings (SSSR count). The number of benzene rings is 1. The Hall–Kier alpha value is -2.29. The molecule has 1 saturated heterocycles. The molecular formula is C16H20F3N3O3. The van der Waals surface area contributed by atoms with E-state index in [0.717, 1.165) is 0 Å². The molecule has 1 N–H and O–H groups in total. The van der Waals surface area contributed by atoms with E-state index in [1.165, 1.54) is 25.1 Å². The van der Waals surface area contributed by atoms with Crippen LogP contribution in [0.5, 0.6) is 5.75 Å². The number of para-hydroxylation sites is 1. The third-order valence-corrected chi connectivity index (χ3v) is 3.86. The molecule has 25 heavy (non-hydrogen) atoms. The molecule has 0 spiro atoms. The maximum Gasteiger partial charge on any atom is 0.573 e. The fourth-order valence-electron chi connectivity index (χ4n) is 2.55. The second kappa shape index (κ2) is 8.19. The average molecular weight is 359 g/mol. The number of alkyl halides is 3. The lowest BCUT2D eigenvalue weighted by Crippen LogP contribution is -2.50. The molecule has 0 aliphatic carbocycles. The first-order chi connectivity index (χ1) is 11.7. The zero-order valence-electron chi connectivity index (χ0n) is 13.8. The summed E-state index contributed by atoms with van der Waals surface area (Å²) in [7, 11) is 0. The fraction of sp³-hybridized carbons (Fsp3) is 0.500. The van der Waals surface area contributed by atoms with Crippen molar-refractivity contribution in [1.82, 2.24) is 15.1 Å². The van der Waals surface area contributed by atoms with E-state index in [1.54, 1.807) is 11.0 Å². The molecule has 6 nitrogen and oxygen atoms in total. The van der Waals surface area contributed by atoms with Crippen LogP contribution in [0.1, 0.15) is 12.5 Å². The van der Waals surface area contributed by atoms with Crippen LogP contribution < -0.4 is 10.1 Å². The quantitative estimate of drug-likeness (QED) is 0.863. The van der Waals surface area contributed by atoms with Gasteiger partial charge in [-0.25, -0.2) is 0 Å². The van der Waals surface area contributed by atoms with Crippen LogP contribution >= 0.6 is 0 Å². The van der Waals surface area contributed by atoms with Crippen LogP contribution in [0, 0.1) is 0 Å². The van der Waals surface area contributed by atoms with E-state index in [-0.39, 0.29) is 36.2 Å². The zero-order chi connectivity index (χ0) is 18.4. The smallest absolute Gasteiger partial charge is 0.405 e. The summed E-state index contributed by atoms with van der Waals surface area (Å²) in [6.07, 6.45) is -4.78. The van der Waals surface area contributed by atoms with Crippen molar-refractivity contribution in [2.45, 2.75) is 19.8 Å². The van der Waals surface area contributed by atoms with Crippen molar-refractivity contribution in [1.29, 1.82) is 0 Å². The second-order valence-electron chi connectivity index (χ2n) is 5.71. The van der Waals surface area contributed by atoms with Gasteiger partial charge >= 0.3 is 6.36 Å². The predicted molar refractivity (Wildman–Crippen MR) is 83.7 cm³/mol. The highest BCUT2D eigenvalue weighted by molar-refractivity contribution is 5.78. The summed E-state index contributed by atoms with van der Waals surface area (Å²) in [5, 5.41) is 2.60. The molecule has 2 amide bonds. The Balaban J connectivity index is 1.82. The summed E-state index contributed by atoms with van der Waals surface area (Å²) < 4.78 is 41.1. The van der Waals surface area contributed by atoms with E-state index >= 15 is 0 Å². The van der Waals surface area contributed by atoms with Crippen LogP contribution in [0.2, 0.25) is 0 Å². The lowest BCUT2D eigenvalue weighted by molar-refractivity contribution is -0.274. The number of rotatable bonds is 5. The monoisotopic (exact) mass is 359 g/mol. The molecule has 0 aromatic heterocycles. The average Bonchev–Trinajstić information content (AvgIpc) is 2.53. The van der Waals surface area contributed by atoms with Gasteiger partial charge in [0, 0.05) is 45.2 Å². The van der Waals surface area contributed by atoms with E-state index in [1.807, 2.05) is 4.90 Å². The molecule has 1 aliphatic rings. The minimum Gasteiger partial charge on any atom is -0.405 e. The molecule has 0 radical (unpaired) electrons. The summed E-state index contributed by atoms with van der Waals surface area (Å²) in [5.74, 6) is -0.617. The standard InChI is InChI=1S/C16H20F3N3O3/c1-12(23)22-8-6-21(7-9-22)11-15(24)20-10-13-4-2-3-5-14(13)25-16(17,18)19/h2-5H,6-11H2,1H3,(H,20,24). The van der Waals surface area contributed by atoms with E-state index in [4.69, 9.17) is 0 Å². The Morgan fingerprint density at radius 3 is 2.40 bits per heavy atom. The van der Waals surface area contributed by atoms with Crippen LogP contribution in [-0.4, -0.2) is 60.7 Å². The number of carbonyl (C=O) groups is 2. The summed E-state index contributed by atoms with van der Waals surface area (Å²) >= 11 is 0. The van der Waals surface area contributed by atoms with E-state index in [0.29, 0.717) is 26.2 Å². The first-order valence-corrected chi connectivity index (χ1v) is 7.83. The Labute approximate surface area is 143 Å². The summed E-state index contributed by atoms with van der Waals surface area (Å²) in [6.45, 7) is 3.87. The second-order valence-corrected chi connectivity index (χ2v) is 5.71. The molecule has 0 bridgehead atoms. The number of ether oxygens (including phenoxy) is 1. The van der Waals surface area contributed by atoms with Crippen LogP contribution in [0.15, 0.2) is 24.3 Å². The Morgan fingerprint density at radius 1 is 1.16 bits per heavy atom. The third-order valence-electron chi connectivity index (χ3n) is 3.86. The van der Waals surface area contributed by atoms with Crippen LogP contribution in [0.25, 0.3) is 0 Å². The number of hydrogen-bond donors (Lipinski definition) is 1. The van der Waals surface area contributed by atoms with Crippen molar-refractivity contribution in [2.24, 2.45) is 0 Å². The van der Waals surface area contributed by atoms with Gasteiger partial charge in [-0.05, 0) is 6.07 Å². The van der Waals surface area contributed by atoms with E-state index in [2.05, 4.69) is 10.1 Å². The summed E-state index contributed by atoms with van der Waals surface area (Å²) in [5.41, 5.74) is 0.245. The lowest BCUT2D eigenvalue weighted by atomic mass is 10.2. The molecule has 0 atom stereocenters. The molecule has 138 valence electrons. The highest BCUT2D eigenvalue weighted by Crippen LogP contribution is 2.26. The van der Waals surface area contributed by atoms with Gasteiger partial charge in [0.2, 0.25) is 11.8 Å². The van der Waals surface area contributed by atoms with Crippen molar-refractivity contribution in [3.63, 3.8) is 0 Å². The normalized spacial score (nSPS) is 15.8. The summed E-state index contributed by atoms with van der Waals surface area (Å²) in [4.78, 5) is 26.9. The van der Waals surface area contributed by atoms with Crippen molar-refractivity contribution in [3.05, 3.63) is 29.8 Å². The highest BCUT2D eigenvalue weighted by atomic mass is 19.4. The fourth-order valence-corrected chi connectivity index (χ4v) is 2.55. The van der Waals surface area contributed by atoms with Gasteiger partial charge in [0.15, 0.2) is 0 Å². The third kappa shape index (κ3) is 6.26. The van der Waals surface area contributed by atoms with Crippen molar-refractivity contribution >= 4 is 11.8 Å². The van der Waals surface area contributed by atoms with E-state index in [9.17, 15) is 22.8 Å². The van der Waals surface area contributed by atoms with Crippen molar-refractivity contribution < 1.29 is 27.5 Å². The van der Waals surface area contributed by atoms with Gasteiger partial charge < -0.3 is 15.0 Å². The zero-order valence-corrected chi connectivity index (χ0v) is 13.8. The number of amides is 2. The maximum atomic E-state index is 12.4. The van der Waals surface area contributed by atoms with Crippen LogP contribution in [-0.2, 0) is 16.1 Å². The minimum atomic E-state index is -4.78. The molecule has 0 unspecified atom stereocenters. The Kier molecular flexibility index (Phi) is 6.24. The number of halogens is 3. The highest BCUT2D eigenvalue weighted by Gasteiger charge is 2.32. The van der Waals surface area contributed by atoms with Gasteiger partial charge in [0.05, 0.1) is 6.54 Å². The lowest BCUT2D eigenvalue weighted by Gasteiger charge is -2.33. The molecule has 9 heteroatoms. The van der Waals surface area contributed by atoms with Crippen LogP contribution in [0.4, 0.5) is 13.2 Å². The molecule has 0 saturated carbocycles. The number of hydrogen-bond acceptors (Lipinski definition) is 4. The minimum absolute atomic E-state index is 0.00498. The number of nitrogens with zero attached hydrogens (tertiary/aromatic N) is 2. The Bertz CT molecular complexity index is 614. The van der Waals surface area contributed by atoms with Gasteiger partial charge in [-0.15, -0.1) is 13.2 Å². The largest absolute Gasteiger partial charge is 0.573 e. The molecular weight excluding hydrogens is 339 g/mol. The molecule has 1 aromatic carbocycles. The molecule has 1 fully saturated rings. The van der Waals surface area contributed by atoms with Gasteiger partial charge in [-0.2, -0.15) is 0 Å². The van der Waals surface area contributed by atoms with Gasteiger partial charge in [-0.3, -0.25) is 14.5 Å². The van der Waals surface area contributed by atoms with Crippen LogP contribution in [0.3, 0.4) is 0 Å². The van der Waals surface area contributed by atoms with Crippen molar-refractivity contribution in [2.75, 3.05) is 32.7 Å². The first kappa shape index (κ1) is 19.0. The van der Waals surface area contributed by atoms with Gasteiger partial charge in [0.1, 0.15) is 5.75 Å². The molecule has 1 aromatic rings. The molecule has 1 heterocycles. The maximum absolute atomic E-state index is 12.4. The SMILES string of the molecule is CC(=O)N1CCN(CC(=O)NCc2ccccc2OC(F)(F)F)CC1. The molecule has 1 aliphatic heterocycles. The number of carbonyl (C=O) groups excluding carboxylic acids is 2. The number of nitrogens with one attached hydrogen (secondary N) is 1. The first-order valence-electron chi connectivity index (χ1n) is 7.83. The van der Waals surface area contributed by atoms with Gasteiger partial charge in [-0.1, -0.05) is 18.2 Å². The van der Waals surface area contributed by atoms with Gasteiger partial charge in [0.25, 0.3) is 0 Å². The summed E-state index contributed by atoms with van der Waals surface area (Å²) in [6, 6.07) is 5.68. The predicted octanol–water partition coefficient (Wildman–Crippen LogP) is 1.37. The Morgan fingerprint density at radius 2 is 1.80 bits per heavy atom. The number of piperazine rings is 1. The van der Waals surface area contributed by atoms with E-state index < -0.39 is 6.36 Å². The topological polar surface area (TPSA) is 61.9 Å². The van der Waals surface area contributed by atoms with Crippen molar-refractivity contribution in [3.8, 4) is 5.75 Å².